The molecule has 0 spiro atoms. The Morgan fingerprint density at radius 1 is 1.10 bits per heavy atom. The van der Waals surface area contributed by atoms with E-state index in [0.717, 1.165) is 105 Å². The summed E-state index contributed by atoms with van der Waals surface area (Å²) in [5.74, 6) is 2.00. The normalized spacial score (nSPS) is 24.0. The highest BCUT2D eigenvalue weighted by Crippen LogP contribution is 2.48. The third-order valence-electron chi connectivity index (χ3n) is 8.86. The Bertz CT molecular complexity index is 1410. The van der Waals surface area contributed by atoms with E-state index in [1.54, 1.807) is 0 Å². The molecule has 0 bridgehead atoms. The van der Waals surface area contributed by atoms with Crippen LogP contribution in [0.5, 0.6) is 0 Å². The largest absolute Gasteiger partial charge is 0.389 e. The Morgan fingerprint density at radius 2 is 1.90 bits per heavy atom. The molecule has 2 aliphatic heterocycles. The number of nitrogens with two attached hydrogens (primary N) is 1. The molecule has 10 nitrogen and oxygen atoms in total. The molecule has 3 aromatic heterocycles. The van der Waals surface area contributed by atoms with E-state index in [2.05, 4.69) is 50.3 Å². The number of thiophene rings is 1. The van der Waals surface area contributed by atoms with Crippen molar-refractivity contribution in [1.82, 2.24) is 25.3 Å². The fourth-order valence-electron chi connectivity index (χ4n) is 6.50. The van der Waals surface area contributed by atoms with Gasteiger partial charge < -0.3 is 25.4 Å². The van der Waals surface area contributed by atoms with Gasteiger partial charge in [0, 0.05) is 80.6 Å². The van der Waals surface area contributed by atoms with Crippen molar-refractivity contribution in [3.05, 3.63) is 34.0 Å². The monoisotopic (exact) mass is 545 g/mol. The van der Waals surface area contributed by atoms with Crippen LogP contribution in [-0.2, 0) is 11.8 Å². The van der Waals surface area contributed by atoms with Crippen LogP contribution in [0.25, 0.3) is 11.5 Å². The van der Waals surface area contributed by atoms with Gasteiger partial charge in [-0.05, 0) is 45.1 Å². The van der Waals surface area contributed by atoms with E-state index in [4.69, 9.17) is 20.2 Å². The van der Waals surface area contributed by atoms with E-state index in [1.165, 1.54) is 24.2 Å². The molecular weight excluding hydrogens is 510 g/mol. The lowest BCUT2D eigenvalue weighted by molar-refractivity contribution is 0.247. The number of aryl methyl sites for hydroxylation is 1. The van der Waals surface area contributed by atoms with Gasteiger partial charge in [-0.15, -0.1) is 11.3 Å². The zero-order valence-corrected chi connectivity index (χ0v) is 23.3. The molecule has 5 heterocycles. The van der Waals surface area contributed by atoms with Crippen LogP contribution in [-0.4, -0.2) is 78.4 Å². The van der Waals surface area contributed by atoms with E-state index >= 15 is 0 Å². The van der Waals surface area contributed by atoms with Crippen LogP contribution in [0.15, 0.2) is 16.7 Å². The van der Waals surface area contributed by atoms with Crippen LogP contribution in [0.1, 0.15) is 54.5 Å². The lowest BCUT2D eigenvalue weighted by Crippen LogP contribution is -2.47. The van der Waals surface area contributed by atoms with Gasteiger partial charge in [-0.2, -0.15) is 10.2 Å². The fraction of sp³-hybridized carbons (Fsp3) is 0.571. The van der Waals surface area contributed by atoms with Crippen LogP contribution < -0.4 is 20.9 Å². The molecule has 1 atom stereocenters. The molecule has 3 aromatic rings. The fourth-order valence-corrected chi connectivity index (χ4v) is 7.69. The maximum atomic E-state index is 9.87. The second kappa shape index (κ2) is 9.77. The van der Waals surface area contributed by atoms with E-state index in [-0.39, 0.29) is 0 Å². The van der Waals surface area contributed by atoms with Crippen LogP contribution >= 0.6 is 11.3 Å². The Morgan fingerprint density at radius 3 is 2.64 bits per heavy atom. The summed E-state index contributed by atoms with van der Waals surface area (Å²) in [6.45, 7) is 10.0. The van der Waals surface area contributed by atoms with Crippen molar-refractivity contribution in [3.8, 4) is 17.6 Å². The zero-order valence-electron chi connectivity index (χ0n) is 22.4. The van der Waals surface area contributed by atoms with Gasteiger partial charge >= 0.3 is 0 Å². The minimum Gasteiger partial charge on any atom is -0.389 e. The summed E-state index contributed by atoms with van der Waals surface area (Å²) in [7, 11) is 0. The van der Waals surface area contributed by atoms with Crippen molar-refractivity contribution < 1.29 is 4.52 Å². The van der Waals surface area contributed by atoms with E-state index in [1.807, 2.05) is 0 Å². The first-order chi connectivity index (χ1) is 19.0. The molecule has 0 radical (unpaired) electrons. The summed E-state index contributed by atoms with van der Waals surface area (Å²) < 4.78 is 5.95. The van der Waals surface area contributed by atoms with E-state index in [9.17, 15) is 5.26 Å². The predicted molar refractivity (Wildman–Crippen MR) is 152 cm³/mol. The highest BCUT2D eigenvalue weighted by atomic mass is 32.1. The number of rotatable bonds is 5. The van der Waals surface area contributed by atoms with Crippen LogP contribution in [0.3, 0.4) is 0 Å². The first-order valence-corrected chi connectivity index (χ1v) is 15.0. The molecule has 2 saturated heterocycles. The molecule has 0 amide bonds. The molecule has 7 rings (SSSR count). The molecule has 1 saturated carbocycles. The Balaban J connectivity index is 1.24. The molecule has 39 heavy (non-hydrogen) atoms. The molecule has 1 unspecified atom stereocenters. The SMILES string of the molecule is CC1(c2nc(-c3cc(N4CCNCC4)cc(N4CCN(C5CC5)CC4)n3)no2)CCCc2sc(N)c(C#N)c21. The predicted octanol–water partition coefficient (Wildman–Crippen LogP) is 2.98. The Hall–Kier alpha value is -3.20. The molecule has 3 fully saturated rings. The maximum absolute atomic E-state index is 9.87. The van der Waals surface area contributed by atoms with E-state index < -0.39 is 5.41 Å². The first-order valence-electron chi connectivity index (χ1n) is 14.2. The number of fused-ring (bicyclic) bond motifs is 1. The number of piperazine rings is 2. The molecule has 4 aliphatic rings. The van der Waals surface area contributed by atoms with Gasteiger partial charge in [0.2, 0.25) is 11.7 Å². The Labute approximate surface area is 232 Å². The Kier molecular flexibility index (Phi) is 6.21. The van der Waals surface area contributed by atoms with Gasteiger partial charge in [0.1, 0.15) is 22.6 Å². The zero-order chi connectivity index (χ0) is 26.6. The number of aromatic nitrogens is 3. The van der Waals surface area contributed by atoms with Crippen molar-refractivity contribution in [1.29, 1.82) is 5.26 Å². The van der Waals surface area contributed by atoms with Crippen molar-refractivity contribution in [2.24, 2.45) is 0 Å². The standard InChI is InChI=1S/C28H35N9OS/c1-28(6-2-3-22-24(28)20(17-29)25(30)39-22)27-33-26(34-38-27)21-15-19(35-9-7-31-8-10-35)16-23(32-21)37-13-11-36(12-14-37)18-4-5-18/h15-16,18,31H,2-14,30H2,1H3. The summed E-state index contributed by atoms with van der Waals surface area (Å²) in [4.78, 5) is 18.6. The topological polar surface area (TPSA) is 123 Å². The summed E-state index contributed by atoms with van der Waals surface area (Å²) >= 11 is 1.52. The molecule has 0 aromatic carbocycles. The van der Waals surface area contributed by atoms with Crippen molar-refractivity contribution >= 4 is 27.8 Å². The first kappa shape index (κ1) is 24.8. The van der Waals surface area contributed by atoms with Gasteiger partial charge in [-0.1, -0.05) is 5.16 Å². The van der Waals surface area contributed by atoms with Gasteiger partial charge in [0.05, 0.1) is 11.0 Å². The lowest BCUT2D eigenvalue weighted by atomic mass is 9.72. The number of nitriles is 1. The average molecular weight is 546 g/mol. The van der Waals surface area contributed by atoms with Gasteiger partial charge in [-0.25, -0.2) is 4.98 Å². The maximum Gasteiger partial charge on any atom is 0.237 e. The molecule has 3 N–H and O–H groups in total. The second-order valence-electron chi connectivity index (χ2n) is 11.4. The molecule has 204 valence electrons. The number of nitrogen functional groups attached to an aromatic ring is 1. The average Bonchev–Trinajstić information content (AvgIpc) is 3.59. The lowest BCUT2D eigenvalue weighted by Gasteiger charge is -2.36. The summed E-state index contributed by atoms with van der Waals surface area (Å²) in [6, 6.07) is 7.45. The van der Waals surface area contributed by atoms with E-state index in [0.29, 0.717) is 22.3 Å². The third-order valence-corrected chi connectivity index (χ3v) is 9.94. The van der Waals surface area contributed by atoms with Crippen LogP contribution in [0.2, 0.25) is 0 Å². The number of nitrogens with one attached hydrogen (secondary N) is 1. The minimum absolute atomic E-state index is 0.495. The van der Waals surface area contributed by atoms with Gasteiger partial charge in [-0.3, -0.25) is 4.90 Å². The summed E-state index contributed by atoms with van der Waals surface area (Å²) in [5, 5.41) is 18.3. The minimum atomic E-state index is -0.546. The highest BCUT2D eigenvalue weighted by molar-refractivity contribution is 7.16. The van der Waals surface area contributed by atoms with Crippen LogP contribution in [0.4, 0.5) is 16.5 Å². The third kappa shape index (κ3) is 4.44. The summed E-state index contributed by atoms with van der Waals surface area (Å²) in [6.07, 6.45) is 5.43. The summed E-state index contributed by atoms with van der Waals surface area (Å²) in [5.41, 5.74) is 9.09. The highest BCUT2D eigenvalue weighted by Gasteiger charge is 2.43. The van der Waals surface area contributed by atoms with Gasteiger partial charge in [0.15, 0.2) is 0 Å². The van der Waals surface area contributed by atoms with Crippen molar-refractivity contribution in [2.45, 2.75) is 50.5 Å². The quantitative estimate of drug-likeness (QED) is 0.495. The van der Waals surface area contributed by atoms with Crippen LogP contribution in [0, 0.1) is 11.3 Å². The molecule has 2 aliphatic carbocycles. The smallest absolute Gasteiger partial charge is 0.237 e. The molecule has 11 heteroatoms. The number of hydrogen-bond donors (Lipinski definition) is 2. The number of hydrogen-bond acceptors (Lipinski definition) is 11. The molecular formula is C28H35N9OS. The number of pyridine rings is 1. The number of nitrogens with zero attached hydrogens (tertiary/aromatic N) is 7. The number of anilines is 3. The second-order valence-corrected chi connectivity index (χ2v) is 12.6. The van der Waals surface area contributed by atoms with Crippen molar-refractivity contribution in [3.63, 3.8) is 0 Å². The van der Waals surface area contributed by atoms with Crippen molar-refractivity contribution in [2.75, 3.05) is 67.9 Å². The van der Waals surface area contributed by atoms with Gasteiger partial charge in [0.25, 0.3) is 0 Å².